The van der Waals surface area contributed by atoms with Gasteiger partial charge in [0, 0.05) is 18.1 Å². The molecule has 1 amide bonds. The molecule has 1 heterocycles. The first-order chi connectivity index (χ1) is 9.98. The van der Waals surface area contributed by atoms with E-state index in [4.69, 9.17) is 10.5 Å². The number of esters is 1. The Hall–Kier alpha value is -0.750. The Balaban J connectivity index is 2.12. The van der Waals surface area contributed by atoms with Gasteiger partial charge in [-0.1, -0.05) is 19.8 Å². The minimum absolute atomic E-state index is 0.0626. The summed E-state index contributed by atoms with van der Waals surface area (Å²) in [5, 5.41) is 0. The lowest BCUT2D eigenvalue weighted by molar-refractivity contribution is -0.156. The molecule has 0 aromatic heterocycles. The molecule has 2 aliphatic rings. The van der Waals surface area contributed by atoms with Crippen molar-refractivity contribution >= 4 is 23.6 Å². The van der Waals surface area contributed by atoms with E-state index in [0.29, 0.717) is 31.2 Å². The molecule has 2 rings (SSSR count). The van der Waals surface area contributed by atoms with Crippen LogP contribution in [0.1, 0.15) is 39.5 Å². The van der Waals surface area contributed by atoms with Crippen LogP contribution in [0.5, 0.6) is 0 Å². The monoisotopic (exact) mass is 314 g/mol. The van der Waals surface area contributed by atoms with Gasteiger partial charge in [0.25, 0.3) is 0 Å². The molecule has 120 valence electrons. The van der Waals surface area contributed by atoms with Gasteiger partial charge in [-0.15, -0.1) is 0 Å². The Kier molecular flexibility index (Phi) is 5.54. The quantitative estimate of drug-likeness (QED) is 0.797. The zero-order chi connectivity index (χ0) is 15.5. The van der Waals surface area contributed by atoms with E-state index in [1.54, 1.807) is 23.6 Å². The molecule has 1 aliphatic heterocycles. The number of rotatable bonds is 3. The fraction of sp³-hybridized carbons (Fsp3) is 0.867. The molecule has 2 fully saturated rings. The number of amides is 1. The lowest BCUT2D eigenvalue weighted by atomic mass is 9.76. The highest BCUT2D eigenvalue weighted by Crippen LogP contribution is 2.33. The molecule has 1 aliphatic carbocycles. The van der Waals surface area contributed by atoms with Gasteiger partial charge in [-0.3, -0.25) is 4.79 Å². The summed E-state index contributed by atoms with van der Waals surface area (Å²) in [7, 11) is 0. The molecular formula is C15H26N2O3S. The van der Waals surface area contributed by atoms with Gasteiger partial charge in [-0.2, -0.15) is 11.8 Å². The highest BCUT2D eigenvalue weighted by Gasteiger charge is 2.44. The van der Waals surface area contributed by atoms with Crippen LogP contribution in [0, 0.1) is 5.92 Å². The molecular weight excluding hydrogens is 288 g/mol. The molecule has 3 atom stereocenters. The first-order valence-electron chi connectivity index (χ1n) is 7.82. The van der Waals surface area contributed by atoms with Crippen molar-refractivity contribution in [1.29, 1.82) is 0 Å². The normalized spacial score (nSPS) is 33.6. The second-order valence-electron chi connectivity index (χ2n) is 6.20. The largest absolute Gasteiger partial charge is 0.464 e. The van der Waals surface area contributed by atoms with E-state index < -0.39 is 11.6 Å². The SMILES string of the molecule is CCOC(=O)C1CSCCN1C(=O)C1(N)CCCC(C)C1. The standard InChI is InChI=1S/C15H26N2O3S/c1-3-20-13(18)12-10-21-8-7-17(12)14(19)15(16)6-4-5-11(2)9-15/h11-12H,3-10,16H2,1-2H3. The van der Waals surface area contributed by atoms with E-state index in [1.165, 1.54) is 0 Å². The first kappa shape index (κ1) is 16.6. The highest BCUT2D eigenvalue weighted by atomic mass is 32.2. The van der Waals surface area contributed by atoms with Gasteiger partial charge in [0.2, 0.25) is 5.91 Å². The third-order valence-corrected chi connectivity index (χ3v) is 5.43. The average Bonchev–Trinajstić information content (AvgIpc) is 2.46. The van der Waals surface area contributed by atoms with Crippen LogP contribution in [-0.4, -0.2) is 53.0 Å². The summed E-state index contributed by atoms with van der Waals surface area (Å²) in [5.41, 5.74) is 5.61. The Morgan fingerprint density at radius 3 is 2.90 bits per heavy atom. The van der Waals surface area contributed by atoms with Crippen molar-refractivity contribution in [2.75, 3.05) is 24.7 Å². The minimum atomic E-state index is -0.801. The minimum Gasteiger partial charge on any atom is -0.464 e. The van der Waals surface area contributed by atoms with Gasteiger partial charge < -0.3 is 15.4 Å². The van der Waals surface area contributed by atoms with Crippen molar-refractivity contribution in [2.45, 2.75) is 51.1 Å². The fourth-order valence-electron chi connectivity index (χ4n) is 3.35. The summed E-state index contributed by atoms with van der Waals surface area (Å²) in [4.78, 5) is 26.7. The molecule has 0 aromatic carbocycles. The Morgan fingerprint density at radius 2 is 2.24 bits per heavy atom. The Bertz CT molecular complexity index is 404. The lowest BCUT2D eigenvalue weighted by Gasteiger charge is -2.42. The molecule has 3 unspecified atom stereocenters. The van der Waals surface area contributed by atoms with Crippen LogP contribution in [0.3, 0.4) is 0 Å². The van der Waals surface area contributed by atoms with Crippen molar-refractivity contribution in [3.63, 3.8) is 0 Å². The molecule has 0 bridgehead atoms. The number of nitrogens with zero attached hydrogens (tertiary/aromatic N) is 1. The molecule has 5 nitrogen and oxygen atoms in total. The third kappa shape index (κ3) is 3.72. The van der Waals surface area contributed by atoms with Crippen molar-refractivity contribution < 1.29 is 14.3 Å². The van der Waals surface area contributed by atoms with E-state index >= 15 is 0 Å². The predicted octanol–water partition coefficient (Wildman–Crippen LogP) is 1.40. The van der Waals surface area contributed by atoms with Crippen molar-refractivity contribution in [3.05, 3.63) is 0 Å². The van der Waals surface area contributed by atoms with Crippen molar-refractivity contribution in [3.8, 4) is 0 Å². The highest BCUT2D eigenvalue weighted by molar-refractivity contribution is 7.99. The van der Waals surface area contributed by atoms with Crippen LogP contribution >= 0.6 is 11.8 Å². The number of ether oxygens (including phenoxy) is 1. The molecule has 6 heteroatoms. The summed E-state index contributed by atoms with van der Waals surface area (Å²) >= 11 is 1.69. The number of hydrogen-bond donors (Lipinski definition) is 1. The number of thioether (sulfide) groups is 1. The molecule has 1 saturated heterocycles. The van der Waals surface area contributed by atoms with Gasteiger partial charge in [-0.05, 0) is 25.7 Å². The lowest BCUT2D eigenvalue weighted by Crippen LogP contribution is -2.62. The van der Waals surface area contributed by atoms with Crippen molar-refractivity contribution in [2.24, 2.45) is 11.7 Å². The topological polar surface area (TPSA) is 72.6 Å². The second-order valence-corrected chi connectivity index (χ2v) is 7.35. The summed E-state index contributed by atoms with van der Waals surface area (Å²) in [6.07, 6.45) is 3.54. The zero-order valence-corrected chi connectivity index (χ0v) is 13.8. The van der Waals surface area contributed by atoms with Gasteiger partial charge in [0.1, 0.15) is 6.04 Å². The zero-order valence-electron chi connectivity index (χ0n) is 13.0. The van der Waals surface area contributed by atoms with Gasteiger partial charge in [0.05, 0.1) is 12.1 Å². The number of carbonyl (C=O) groups is 2. The van der Waals surface area contributed by atoms with Crippen LogP contribution in [0.25, 0.3) is 0 Å². The maximum absolute atomic E-state index is 12.9. The van der Waals surface area contributed by atoms with Crippen LogP contribution in [-0.2, 0) is 14.3 Å². The maximum atomic E-state index is 12.9. The summed E-state index contributed by atoms with van der Waals surface area (Å²) in [5.74, 6) is 1.56. The third-order valence-electron chi connectivity index (χ3n) is 4.41. The van der Waals surface area contributed by atoms with Crippen molar-refractivity contribution in [1.82, 2.24) is 4.90 Å². The van der Waals surface area contributed by atoms with E-state index in [2.05, 4.69) is 6.92 Å². The number of hydrogen-bond acceptors (Lipinski definition) is 5. The maximum Gasteiger partial charge on any atom is 0.329 e. The fourth-order valence-corrected chi connectivity index (χ4v) is 4.38. The number of carbonyl (C=O) groups excluding carboxylic acids is 2. The molecule has 21 heavy (non-hydrogen) atoms. The van der Waals surface area contributed by atoms with E-state index in [1.807, 2.05) is 0 Å². The van der Waals surface area contributed by atoms with Crippen LogP contribution in [0.2, 0.25) is 0 Å². The average molecular weight is 314 g/mol. The molecule has 0 spiro atoms. The summed E-state index contributed by atoms with van der Waals surface area (Å²) in [6.45, 7) is 4.85. The smallest absolute Gasteiger partial charge is 0.329 e. The Labute approximate surface area is 130 Å². The predicted molar refractivity (Wildman–Crippen MR) is 84.0 cm³/mol. The molecule has 1 saturated carbocycles. The summed E-state index contributed by atoms with van der Waals surface area (Å²) in [6, 6.07) is -0.478. The van der Waals surface area contributed by atoms with E-state index in [0.717, 1.165) is 25.0 Å². The van der Waals surface area contributed by atoms with Gasteiger partial charge in [-0.25, -0.2) is 4.79 Å². The summed E-state index contributed by atoms with van der Waals surface area (Å²) < 4.78 is 5.12. The molecule has 0 radical (unpaired) electrons. The van der Waals surface area contributed by atoms with Gasteiger partial charge in [0.15, 0.2) is 0 Å². The van der Waals surface area contributed by atoms with Crippen LogP contribution in [0.15, 0.2) is 0 Å². The first-order valence-corrected chi connectivity index (χ1v) is 8.97. The molecule has 0 aromatic rings. The van der Waals surface area contributed by atoms with E-state index in [9.17, 15) is 9.59 Å². The molecule has 2 N–H and O–H groups in total. The van der Waals surface area contributed by atoms with E-state index in [-0.39, 0.29) is 11.9 Å². The van der Waals surface area contributed by atoms with Crippen LogP contribution in [0.4, 0.5) is 0 Å². The van der Waals surface area contributed by atoms with Gasteiger partial charge >= 0.3 is 5.97 Å². The number of nitrogens with two attached hydrogens (primary N) is 1. The van der Waals surface area contributed by atoms with Crippen LogP contribution < -0.4 is 5.73 Å². The second kappa shape index (κ2) is 7.01. The Morgan fingerprint density at radius 1 is 1.48 bits per heavy atom.